The summed E-state index contributed by atoms with van der Waals surface area (Å²) in [6, 6.07) is 9.54. The minimum atomic E-state index is -3.01. The normalized spacial score (nSPS) is 16.7. The highest BCUT2D eigenvalue weighted by atomic mass is 32.2. The van der Waals surface area contributed by atoms with Crippen molar-refractivity contribution in [2.24, 2.45) is 0 Å². The molecule has 17 heavy (non-hydrogen) atoms. The number of nitrogens with zero attached hydrogens (tertiary/aromatic N) is 2. The molecule has 5 heteroatoms. The lowest BCUT2D eigenvalue weighted by atomic mass is 10.2. The molecule has 1 aliphatic heterocycles. The molecule has 1 aromatic carbocycles. The van der Waals surface area contributed by atoms with Crippen LogP contribution in [0.5, 0.6) is 0 Å². The fourth-order valence-electron chi connectivity index (χ4n) is 1.91. The van der Waals surface area contributed by atoms with Crippen LogP contribution >= 0.6 is 0 Å². The number of aromatic nitrogens is 2. The van der Waals surface area contributed by atoms with Gasteiger partial charge in [0.05, 0.1) is 17.2 Å². The van der Waals surface area contributed by atoms with Crippen LogP contribution in [-0.4, -0.2) is 18.4 Å². The van der Waals surface area contributed by atoms with Gasteiger partial charge in [-0.1, -0.05) is 30.3 Å². The molecule has 0 radical (unpaired) electrons. The maximum Gasteiger partial charge on any atom is 0.160 e. The summed E-state index contributed by atoms with van der Waals surface area (Å²) < 4.78 is 22.9. The summed E-state index contributed by atoms with van der Waals surface area (Å²) in [7, 11) is -3.01. The molecular formula is C12H10N2O2S. The third-order valence-corrected chi connectivity index (χ3v) is 4.18. The van der Waals surface area contributed by atoms with Gasteiger partial charge in [-0.25, -0.2) is 18.4 Å². The lowest BCUT2D eigenvalue weighted by Gasteiger charge is -2.01. The van der Waals surface area contributed by atoms with Gasteiger partial charge in [-0.2, -0.15) is 0 Å². The fourth-order valence-corrected chi connectivity index (χ4v) is 3.39. The predicted octanol–water partition coefficient (Wildman–Crippen LogP) is 1.57. The van der Waals surface area contributed by atoms with E-state index in [0.29, 0.717) is 11.5 Å². The first-order valence-electron chi connectivity index (χ1n) is 5.25. The van der Waals surface area contributed by atoms with Crippen LogP contribution in [0.2, 0.25) is 0 Å². The van der Waals surface area contributed by atoms with Gasteiger partial charge < -0.3 is 0 Å². The number of hydrogen-bond acceptors (Lipinski definition) is 4. The molecule has 86 valence electrons. The highest BCUT2D eigenvalue weighted by Gasteiger charge is 2.26. The summed E-state index contributed by atoms with van der Waals surface area (Å²) >= 11 is 0. The smallest absolute Gasteiger partial charge is 0.160 e. The standard InChI is InChI=1S/C12H10N2O2S/c15-17(16)7-10-6-13-12(14-11(10)8-17)9-4-2-1-3-5-9/h1-6H,7-8H2. The molecule has 3 rings (SSSR count). The van der Waals surface area contributed by atoms with Gasteiger partial charge in [0.25, 0.3) is 0 Å². The van der Waals surface area contributed by atoms with Gasteiger partial charge in [-0.3, -0.25) is 0 Å². The van der Waals surface area contributed by atoms with Crippen molar-refractivity contribution in [2.75, 3.05) is 0 Å². The van der Waals surface area contributed by atoms with Crippen molar-refractivity contribution in [1.82, 2.24) is 9.97 Å². The number of sulfone groups is 1. The van der Waals surface area contributed by atoms with E-state index in [2.05, 4.69) is 9.97 Å². The second-order valence-corrected chi connectivity index (χ2v) is 6.13. The third kappa shape index (κ3) is 1.93. The molecule has 2 heterocycles. The number of hydrogen-bond donors (Lipinski definition) is 0. The topological polar surface area (TPSA) is 59.9 Å². The number of benzene rings is 1. The maximum absolute atomic E-state index is 11.5. The molecule has 2 aromatic rings. The van der Waals surface area contributed by atoms with Crippen LogP contribution in [0.1, 0.15) is 11.3 Å². The summed E-state index contributed by atoms with van der Waals surface area (Å²) in [6.07, 6.45) is 1.62. The second kappa shape index (κ2) is 3.63. The van der Waals surface area contributed by atoms with Crippen LogP contribution < -0.4 is 0 Å². The Balaban J connectivity index is 2.08. The van der Waals surface area contributed by atoms with Crippen LogP contribution in [0.15, 0.2) is 36.5 Å². The molecule has 0 bridgehead atoms. The van der Waals surface area contributed by atoms with E-state index in [-0.39, 0.29) is 11.5 Å². The summed E-state index contributed by atoms with van der Waals surface area (Å²) in [6.45, 7) is 0. The first kappa shape index (κ1) is 10.4. The highest BCUT2D eigenvalue weighted by molar-refractivity contribution is 7.90. The van der Waals surface area contributed by atoms with Crippen LogP contribution in [0.3, 0.4) is 0 Å². The minimum Gasteiger partial charge on any atom is -0.236 e. The molecule has 0 spiro atoms. The van der Waals surface area contributed by atoms with Crippen LogP contribution in [0, 0.1) is 0 Å². The van der Waals surface area contributed by atoms with Gasteiger partial charge >= 0.3 is 0 Å². The van der Waals surface area contributed by atoms with E-state index in [0.717, 1.165) is 11.1 Å². The molecule has 4 nitrogen and oxygen atoms in total. The lowest BCUT2D eigenvalue weighted by molar-refractivity contribution is 0.598. The summed E-state index contributed by atoms with van der Waals surface area (Å²) in [5.41, 5.74) is 2.27. The van der Waals surface area contributed by atoms with E-state index in [9.17, 15) is 8.42 Å². The fraction of sp³-hybridized carbons (Fsp3) is 0.167. The van der Waals surface area contributed by atoms with Crippen molar-refractivity contribution in [3.05, 3.63) is 47.8 Å². The zero-order valence-electron chi connectivity index (χ0n) is 9.00. The SMILES string of the molecule is O=S1(=O)Cc2cnc(-c3ccccc3)nc2C1. The Kier molecular flexibility index (Phi) is 2.22. The molecule has 1 aromatic heterocycles. The van der Waals surface area contributed by atoms with Crippen molar-refractivity contribution in [2.45, 2.75) is 11.5 Å². The first-order valence-corrected chi connectivity index (χ1v) is 7.07. The van der Waals surface area contributed by atoms with E-state index < -0.39 is 9.84 Å². The van der Waals surface area contributed by atoms with Crippen molar-refractivity contribution >= 4 is 9.84 Å². The Labute approximate surface area is 99.3 Å². The minimum absolute atomic E-state index is 0.0324. The largest absolute Gasteiger partial charge is 0.236 e. The molecule has 0 fully saturated rings. The summed E-state index contributed by atoms with van der Waals surface area (Å²) in [5, 5.41) is 0. The Bertz CT molecular complexity index is 666. The Morgan fingerprint density at radius 2 is 1.82 bits per heavy atom. The molecule has 0 N–H and O–H groups in total. The van der Waals surface area contributed by atoms with Gasteiger partial charge in [0.2, 0.25) is 0 Å². The van der Waals surface area contributed by atoms with E-state index in [1.807, 2.05) is 30.3 Å². The van der Waals surface area contributed by atoms with Crippen molar-refractivity contribution in [1.29, 1.82) is 0 Å². The van der Waals surface area contributed by atoms with Gasteiger partial charge in [-0.15, -0.1) is 0 Å². The van der Waals surface area contributed by atoms with E-state index >= 15 is 0 Å². The molecule has 1 aliphatic rings. The van der Waals surface area contributed by atoms with Crippen LogP contribution in [0.4, 0.5) is 0 Å². The lowest BCUT2D eigenvalue weighted by Crippen LogP contribution is -1.96. The molecule has 0 saturated carbocycles. The zero-order valence-corrected chi connectivity index (χ0v) is 9.81. The van der Waals surface area contributed by atoms with Gasteiger partial charge in [-0.05, 0) is 0 Å². The van der Waals surface area contributed by atoms with Crippen LogP contribution in [-0.2, 0) is 21.3 Å². The van der Waals surface area contributed by atoms with Crippen molar-refractivity contribution in [3.8, 4) is 11.4 Å². The Morgan fingerprint density at radius 1 is 1.06 bits per heavy atom. The molecule has 0 atom stereocenters. The van der Waals surface area contributed by atoms with Crippen molar-refractivity contribution < 1.29 is 8.42 Å². The molecule has 0 saturated heterocycles. The zero-order chi connectivity index (χ0) is 11.9. The predicted molar refractivity (Wildman–Crippen MR) is 63.8 cm³/mol. The van der Waals surface area contributed by atoms with Crippen LogP contribution in [0.25, 0.3) is 11.4 Å². The quantitative estimate of drug-likeness (QED) is 0.766. The van der Waals surface area contributed by atoms with E-state index in [1.54, 1.807) is 6.20 Å². The number of rotatable bonds is 1. The van der Waals surface area contributed by atoms with E-state index in [1.165, 1.54) is 0 Å². The first-order chi connectivity index (χ1) is 8.14. The molecule has 0 amide bonds. The van der Waals surface area contributed by atoms with Crippen molar-refractivity contribution in [3.63, 3.8) is 0 Å². The average molecular weight is 246 g/mol. The Hall–Kier alpha value is -1.75. The monoisotopic (exact) mass is 246 g/mol. The van der Waals surface area contributed by atoms with Gasteiger partial charge in [0.1, 0.15) is 0 Å². The van der Waals surface area contributed by atoms with Gasteiger partial charge in [0, 0.05) is 17.3 Å². The van der Waals surface area contributed by atoms with Gasteiger partial charge in [0.15, 0.2) is 15.7 Å². The Morgan fingerprint density at radius 3 is 2.59 bits per heavy atom. The summed E-state index contributed by atoms with van der Waals surface area (Å²) in [4.78, 5) is 8.54. The average Bonchev–Trinajstić information content (AvgIpc) is 2.63. The van der Waals surface area contributed by atoms with E-state index in [4.69, 9.17) is 0 Å². The highest BCUT2D eigenvalue weighted by Crippen LogP contribution is 2.24. The molecule has 0 unspecified atom stereocenters. The molecular weight excluding hydrogens is 236 g/mol. The second-order valence-electron chi connectivity index (χ2n) is 4.06. The third-order valence-electron chi connectivity index (χ3n) is 2.72. The number of fused-ring (bicyclic) bond motifs is 1. The summed E-state index contributed by atoms with van der Waals surface area (Å²) in [5.74, 6) is 0.684. The molecule has 0 aliphatic carbocycles. The maximum atomic E-state index is 11.5.